The van der Waals surface area contributed by atoms with E-state index < -0.39 is 0 Å². The summed E-state index contributed by atoms with van der Waals surface area (Å²) >= 11 is 0. The molecule has 0 saturated carbocycles. The van der Waals surface area contributed by atoms with Crippen molar-refractivity contribution in [2.75, 3.05) is 18.4 Å². The normalized spacial score (nSPS) is 19.9. The van der Waals surface area contributed by atoms with Crippen LogP contribution in [0.5, 0.6) is 0 Å². The number of anilines is 1. The zero-order valence-corrected chi connectivity index (χ0v) is 13.3. The SMILES string of the molecule is CC(C)(C)c1nc2ccc(NCC3CCCCN3)cc2[nH]1. The number of rotatable bonds is 3. The zero-order valence-electron chi connectivity index (χ0n) is 13.3. The first-order chi connectivity index (χ1) is 10.0. The summed E-state index contributed by atoms with van der Waals surface area (Å²) in [6.45, 7) is 8.68. The van der Waals surface area contributed by atoms with Crippen LogP contribution in [-0.2, 0) is 5.41 Å². The maximum Gasteiger partial charge on any atom is 0.112 e. The van der Waals surface area contributed by atoms with Crippen molar-refractivity contribution in [1.29, 1.82) is 0 Å². The summed E-state index contributed by atoms with van der Waals surface area (Å²) in [5, 5.41) is 7.11. The molecule has 2 heterocycles. The van der Waals surface area contributed by atoms with Gasteiger partial charge in [0.25, 0.3) is 0 Å². The second kappa shape index (κ2) is 5.68. The van der Waals surface area contributed by atoms with Crippen LogP contribution < -0.4 is 10.6 Å². The highest BCUT2D eigenvalue weighted by Crippen LogP contribution is 2.24. The van der Waals surface area contributed by atoms with Crippen LogP contribution in [0.25, 0.3) is 11.0 Å². The number of nitrogens with one attached hydrogen (secondary N) is 3. The van der Waals surface area contributed by atoms with E-state index in [1.807, 2.05) is 0 Å². The molecule has 3 rings (SSSR count). The number of benzene rings is 1. The molecule has 1 atom stereocenters. The number of piperidine rings is 1. The number of aromatic amines is 1. The molecule has 1 aromatic heterocycles. The number of nitrogens with zero attached hydrogens (tertiary/aromatic N) is 1. The van der Waals surface area contributed by atoms with Gasteiger partial charge in [0, 0.05) is 23.7 Å². The van der Waals surface area contributed by atoms with Gasteiger partial charge in [0.15, 0.2) is 0 Å². The minimum absolute atomic E-state index is 0.0542. The minimum atomic E-state index is 0.0542. The maximum absolute atomic E-state index is 4.68. The van der Waals surface area contributed by atoms with Gasteiger partial charge in [0.05, 0.1) is 11.0 Å². The molecule has 4 heteroatoms. The number of H-pyrrole nitrogens is 1. The molecule has 114 valence electrons. The molecule has 1 aliphatic heterocycles. The quantitative estimate of drug-likeness (QED) is 0.810. The largest absolute Gasteiger partial charge is 0.383 e. The molecule has 1 saturated heterocycles. The van der Waals surface area contributed by atoms with E-state index in [4.69, 9.17) is 0 Å². The van der Waals surface area contributed by atoms with Crippen molar-refractivity contribution in [2.24, 2.45) is 0 Å². The van der Waals surface area contributed by atoms with E-state index >= 15 is 0 Å². The molecule has 1 fully saturated rings. The van der Waals surface area contributed by atoms with Crippen molar-refractivity contribution in [3.63, 3.8) is 0 Å². The predicted molar refractivity (Wildman–Crippen MR) is 88.9 cm³/mol. The fourth-order valence-corrected chi connectivity index (χ4v) is 2.81. The molecule has 0 bridgehead atoms. The highest BCUT2D eigenvalue weighted by Gasteiger charge is 2.18. The monoisotopic (exact) mass is 286 g/mol. The molecule has 4 nitrogen and oxygen atoms in total. The van der Waals surface area contributed by atoms with Crippen LogP contribution >= 0.6 is 0 Å². The van der Waals surface area contributed by atoms with E-state index in [0.29, 0.717) is 6.04 Å². The third-order valence-corrected chi connectivity index (χ3v) is 4.16. The van der Waals surface area contributed by atoms with Crippen LogP contribution in [0.15, 0.2) is 18.2 Å². The summed E-state index contributed by atoms with van der Waals surface area (Å²) in [7, 11) is 0. The number of fused-ring (bicyclic) bond motifs is 1. The molecule has 1 aromatic carbocycles. The van der Waals surface area contributed by atoms with Gasteiger partial charge in [-0.3, -0.25) is 0 Å². The summed E-state index contributed by atoms with van der Waals surface area (Å²) < 4.78 is 0. The molecule has 1 aliphatic rings. The summed E-state index contributed by atoms with van der Waals surface area (Å²) in [6.07, 6.45) is 3.92. The Balaban J connectivity index is 1.71. The maximum atomic E-state index is 4.68. The molecule has 2 aromatic rings. The van der Waals surface area contributed by atoms with Crippen molar-refractivity contribution >= 4 is 16.7 Å². The summed E-state index contributed by atoms with van der Waals surface area (Å²) in [5.41, 5.74) is 3.38. The van der Waals surface area contributed by atoms with Gasteiger partial charge >= 0.3 is 0 Å². The van der Waals surface area contributed by atoms with E-state index in [9.17, 15) is 0 Å². The zero-order chi connectivity index (χ0) is 14.9. The Morgan fingerprint density at radius 1 is 1.29 bits per heavy atom. The van der Waals surface area contributed by atoms with E-state index in [-0.39, 0.29) is 5.41 Å². The van der Waals surface area contributed by atoms with Gasteiger partial charge in [0.2, 0.25) is 0 Å². The topological polar surface area (TPSA) is 52.7 Å². The van der Waals surface area contributed by atoms with E-state index in [1.54, 1.807) is 0 Å². The van der Waals surface area contributed by atoms with Crippen LogP contribution in [0.4, 0.5) is 5.69 Å². The molecule has 3 N–H and O–H groups in total. The second-order valence-electron chi connectivity index (χ2n) is 7.10. The van der Waals surface area contributed by atoms with Crippen LogP contribution in [0, 0.1) is 0 Å². The molecular formula is C17H26N4. The molecule has 0 spiro atoms. The average molecular weight is 286 g/mol. The van der Waals surface area contributed by atoms with Crippen molar-refractivity contribution in [3.8, 4) is 0 Å². The van der Waals surface area contributed by atoms with Crippen molar-refractivity contribution in [3.05, 3.63) is 24.0 Å². The summed E-state index contributed by atoms with van der Waals surface area (Å²) in [5.74, 6) is 1.04. The lowest BCUT2D eigenvalue weighted by Crippen LogP contribution is -2.39. The van der Waals surface area contributed by atoms with Gasteiger partial charge in [0.1, 0.15) is 5.82 Å². The fourth-order valence-electron chi connectivity index (χ4n) is 2.81. The smallest absolute Gasteiger partial charge is 0.112 e. The van der Waals surface area contributed by atoms with Gasteiger partial charge in [-0.2, -0.15) is 0 Å². The van der Waals surface area contributed by atoms with Gasteiger partial charge in [-0.1, -0.05) is 27.2 Å². The van der Waals surface area contributed by atoms with Gasteiger partial charge in [-0.05, 0) is 37.6 Å². The van der Waals surface area contributed by atoms with Gasteiger partial charge in [-0.25, -0.2) is 4.98 Å². The second-order valence-corrected chi connectivity index (χ2v) is 7.10. The number of hydrogen-bond acceptors (Lipinski definition) is 3. The first kappa shape index (κ1) is 14.4. The third kappa shape index (κ3) is 3.38. The summed E-state index contributed by atoms with van der Waals surface area (Å²) in [6, 6.07) is 6.98. The Morgan fingerprint density at radius 2 is 2.14 bits per heavy atom. The average Bonchev–Trinajstić information content (AvgIpc) is 2.89. The lowest BCUT2D eigenvalue weighted by Gasteiger charge is -2.24. The number of imidazole rings is 1. The van der Waals surface area contributed by atoms with Gasteiger partial charge in [-0.15, -0.1) is 0 Å². The van der Waals surface area contributed by atoms with Gasteiger partial charge < -0.3 is 15.6 Å². The van der Waals surface area contributed by atoms with Crippen LogP contribution in [0.2, 0.25) is 0 Å². The Kier molecular flexibility index (Phi) is 3.89. The van der Waals surface area contributed by atoms with Crippen molar-refractivity contribution in [2.45, 2.75) is 51.5 Å². The highest BCUT2D eigenvalue weighted by atomic mass is 15.0. The number of hydrogen-bond donors (Lipinski definition) is 3. The summed E-state index contributed by atoms with van der Waals surface area (Å²) in [4.78, 5) is 8.13. The highest BCUT2D eigenvalue weighted by molar-refractivity contribution is 5.79. The van der Waals surface area contributed by atoms with Crippen LogP contribution in [0.3, 0.4) is 0 Å². The fraction of sp³-hybridized carbons (Fsp3) is 0.588. The Morgan fingerprint density at radius 3 is 2.86 bits per heavy atom. The lowest BCUT2D eigenvalue weighted by molar-refractivity contribution is 0.414. The lowest BCUT2D eigenvalue weighted by atomic mass is 9.96. The first-order valence-electron chi connectivity index (χ1n) is 8.00. The van der Waals surface area contributed by atoms with Crippen molar-refractivity contribution in [1.82, 2.24) is 15.3 Å². The Hall–Kier alpha value is -1.55. The van der Waals surface area contributed by atoms with E-state index in [1.165, 1.54) is 24.9 Å². The predicted octanol–water partition coefficient (Wildman–Crippen LogP) is 3.41. The van der Waals surface area contributed by atoms with E-state index in [0.717, 1.165) is 29.9 Å². The number of aromatic nitrogens is 2. The molecule has 21 heavy (non-hydrogen) atoms. The first-order valence-corrected chi connectivity index (χ1v) is 8.00. The van der Waals surface area contributed by atoms with Crippen LogP contribution in [-0.4, -0.2) is 29.1 Å². The molecular weight excluding hydrogens is 260 g/mol. The molecule has 0 radical (unpaired) electrons. The standard InChI is InChI=1S/C17H26N4/c1-17(2,3)16-20-14-8-7-12(10-15(14)21-16)19-11-13-6-4-5-9-18-13/h7-8,10,13,18-19H,4-6,9,11H2,1-3H3,(H,20,21). The molecule has 0 amide bonds. The Labute approximate surface area is 126 Å². The molecule has 1 unspecified atom stereocenters. The van der Waals surface area contributed by atoms with E-state index in [2.05, 4.69) is 59.6 Å². The minimum Gasteiger partial charge on any atom is -0.383 e. The van der Waals surface area contributed by atoms with Crippen LogP contribution in [0.1, 0.15) is 45.9 Å². The molecule has 0 aliphatic carbocycles. The third-order valence-electron chi connectivity index (χ3n) is 4.16. The van der Waals surface area contributed by atoms with Crippen molar-refractivity contribution < 1.29 is 0 Å². The Bertz CT molecular complexity index is 603.